The van der Waals surface area contributed by atoms with Crippen LogP contribution in [0, 0.1) is 0 Å². The van der Waals surface area contributed by atoms with Crippen molar-refractivity contribution < 1.29 is 26.5 Å². The zero-order chi connectivity index (χ0) is 35.9. The number of nitrogens with one attached hydrogen (secondary N) is 1. The van der Waals surface area contributed by atoms with E-state index in [4.69, 9.17) is 11.5 Å². The predicted molar refractivity (Wildman–Crippen MR) is 210 cm³/mol. The van der Waals surface area contributed by atoms with Crippen LogP contribution in [0.15, 0.2) is 57.6 Å². The van der Waals surface area contributed by atoms with Crippen LogP contribution in [0.25, 0.3) is 0 Å². The number of azo groups is 2. The van der Waals surface area contributed by atoms with Gasteiger partial charge in [-0.1, -0.05) is 100 Å². The van der Waals surface area contributed by atoms with Crippen LogP contribution in [-0.2, 0) is 20.1 Å². The Kier molecular flexibility index (Phi) is 25.1. The van der Waals surface area contributed by atoms with Gasteiger partial charge in [0.15, 0.2) is 17.7 Å². The maximum absolute atomic E-state index is 6.15. The summed E-state index contributed by atoms with van der Waals surface area (Å²) in [4.78, 5) is 5.18. The SMILES string of the molecule is BrCCCBr.CCCCCCn1ncc(N=NC2=[N+](CCCBr)C=C[NH+]2C)c1N.CCCCCCn1ncc(N=Nc2nccn2C)c1N.[Br-]. The Bertz CT molecular complexity index is 1460. The summed E-state index contributed by atoms with van der Waals surface area (Å²) in [5, 5.41) is 28.7. The lowest BCUT2D eigenvalue weighted by Gasteiger charge is -2.03. The van der Waals surface area contributed by atoms with Gasteiger partial charge in [-0.25, -0.2) is 14.3 Å². The van der Waals surface area contributed by atoms with E-state index in [1.54, 1.807) is 27.8 Å². The zero-order valence-corrected chi connectivity index (χ0v) is 36.2. The summed E-state index contributed by atoms with van der Waals surface area (Å²) in [5.41, 5.74) is 13.4. The van der Waals surface area contributed by atoms with Crippen molar-refractivity contribution in [1.29, 1.82) is 0 Å². The van der Waals surface area contributed by atoms with Gasteiger partial charge in [-0.3, -0.25) is 0 Å². The number of aryl methyl sites for hydroxylation is 3. The molecular weight excluding hydrogens is 900 g/mol. The minimum Gasteiger partial charge on any atom is -1.00 e. The molecule has 0 amide bonds. The van der Waals surface area contributed by atoms with Crippen molar-refractivity contribution in [2.45, 2.75) is 91.1 Å². The fraction of sp³-hybridized carbons (Fsp3) is 0.625. The molecule has 1 aliphatic heterocycles. The third-order valence-electron chi connectivity index (χ3n) is 7.39. The summed E-state index contributed by atoms with van der Waals surface area (Å²) in [5.74, 6) is 2.57. The van der Waals surface area contributed by atoms with Crippen LogP contribution in [0.4, 0.5) is 29.0 Å². The second-order valence-corrected chi connectivity index (χ2v) is 13.8. The van der Waals surface area contributed by atoms with Crippen molar-refractivity contribution >= 4 is 82.7 Å². The average Bonchev–Trinajstić information content (AvgIpc) is 3.87. The first-order valence-electron chi connectivity index (χ1n) is 17.1. The van der Waals surface area contributed by atoms with Gasteiger partial charge in [-0.15, -0.1) is 10.2 Å². The van der Waals surface area contributed by atoms with E-state index >= 15 is 0 Å². The molecule has 4 rings (SSSR count). The van der Waals surface area contributed by atoms with Gasteiger partial charge in [-0.2, -0.15) is 19.7 Å². The van der Waals surface area contributed by atoms with Crippen LogP contribution < -0.4 is 33.3 Å². The van der Waals surface area contributed by atoms with Crippen molar-refractivity contribution in [3.8, 4) is 0 Å². The van der Waals surface area contributed by atoms with E-state index in [-0.39, 0.29) is 17.0 Å². The second kappa shape index (κ2) is 27.4. The van der Waals surface area contributed by atoms with Crippen LogP contribution in [-0.4, -0.2) is 69.2 Å². The number of unbranched alkanes of at least 4 members (excludes halogenated alkanes) is 6. The van der Waals surface area contributed by atoms with E-state index in [2.05, 4.69) is 108 Å². The second-order valence-electron chi connectivity index (χ2n) is 11.4. The topological polar surface area (TPSA) is 162 Å². The fourth-order valence-corrected chi connectivity index (χ4v) is 6.05. The molecule has 1 aliphatic rings. The maximum Gasteiger partial charge on any atom is 0.524 e. The Hall–Kier alpha value is -2.28. The average molecular weight is 956 g/mol. The van der Waals surface area contributed by atoms with Gasteiger partial charge in [0.05, 0.1) is 26.0 Å². The lowest BCUT2D eigenvalue weighted by molar-refractivity contribution is -0.737. The van der Waals surface area contributed by atoms with Crippen LogP contribution >= 0.6 is 47.8 Å². The highest BCUT2D eigenvalue weighted by Crippen LogP contribution is 2.24. The summed E-state index contributed by atoms with van der Waals surface area (Å²) < 4.78 is 7.50. The number of hydrogen-bond donors (Lipinski definition) is 3. The molecule has 50 heavy (non-hydrogen) atoms. The number of alkyl halides is 3. The molecule has 14 nitrogen and oxygen atoms in total. The first-order valence-corrected chi connectivity index (χ1v) is 20.4. The molecule has 4 heterocycles. The van der Waals surface area contributed by atoms with Gasteiger partial charge in [0, 0.05) is 48.5 Å². The number of rotatable bonds is 18. The van der Waals surface area contributed by atoms with E-state index in [9.17, 15) is 0 Å². The molecule has 0 aromatic carbocycles. The third kappa shape index (κ3) is 16.4. The Morgan fingerprint density at radius 2 is 1.30 bits per heavy atom. The number of nitrogen functional groups attached to an aromatic ring is 2. The van der Waals surface area contributed by atoms with Crippen LogP contribution in [0.3, 0.4) is 0 Å². The molecular formula is C32H55Br4N14+. The summed E-state index contributed by atoms with van der Waals surface area (Å²) in [6.45, 7) is 6.97. The number of guanidine groups is 1. The van der Waals surface area contributed by atoms with E-state index in [0.29, 0.717) is 29.0 Å². The summed E-state index contributed by atoms with van der Waals surface area (Å²) in [6, 6.07) is 0. The summed E-state index contributed by atoms with van der Waals surface area (Å²) >= 11 is 10.0. The lowest BCUT2D eigenvalue weighted by atomic mass is 10.2. The number of quaternary nitrogens is 1. The molecule has 5 N–H and O–H groups in total. The van der Waals surface area contributed by atoms with E-state index in [1.807, 2.05) is 31.2 Å². The molecule has 1 unspecified atom stereocenters. The first kappa shape index (κ1) is 45.7. The maximum atomic E-state index is 6.15. The Morgan fingerprint density at radius 3 is 1.76 bits per heavy atom. The predicted octanol–water partition coefficient (Wildman–Crippen LogP) is 4.65. The number of nitrogens with two attached hydrogens (primary N) is 2. The number of anilines is 2. The summed E-state index contributed by atoms with van der Waals surface area (Å²) in [6.07, 6.45) is 22.7. The van der Waals surface area contributed by atoms with Crippen molar-refractivity contribution in [3.05, 3.63) is 37.2 Å². The van der Waals surface area contributed by atoms with Crippen LogP contribution in [0.2, 0.25) is 0 Å². The van der Waals surface area contributed by atoms with Crippen molar-refractivity contribution in [3.63, 3.8) is 0 Å². The Balaban J connectivity index is 0.000000438. The van der Waals surface area contributed by atoms with E-state index < -0.39 is 0 Å². The molecule has 280 valence electrons. The molecule has 18 heteroatoms. The highest BCUT2D eigenvalue weighted by atomic mass is 79.9. The van der Waals surface area contributed by atoms with Crippen LogP contribution in [0.1, 0.15) is 78.1 Å². The molecule has 0 fully saturated rings. The lowest BCUT2D eigenvalue weighted by Crippen LogP contribution is -3.06. The highest BCUT2D eigenvalue weighted by Gasteiger charge is 2.29. The first-order chi connectivity index (χ1) is 23.8. The Labute approximate surface area is 333 Å². The van der Waals surface area contributed by atoms with Gasteiger partial charge in [-0.05, 0) is 30.8 Å². The van der Waals surface area contributed by atoms with Crippen molar-refractivity contribution in [2.75, 3.05) is 41.1 Å². The standard InChI is InChI=1S/C16H26BrN7.C13H21N7.C3H6Br2.BrH/c1-3-4-5-6-10-24-15(18)14(13-19-24)20-21-16-22(2)11-12-23(16)9-7-8-17;1-3-4-5-6-8-20-12(14)11(10-16-20)17-18-13-15-7-9-19(13)2;4-2-1-3-5;/h11-13,18H,3-10H2,1-2H3;7,9-10H,3-6,8,14H2,1-2H3;1-3H2;1H/p+1. The molecule has 0 radical (unpaired) electrons. The molecule has 0 spiro atoms. The van der Waals surface area contributed by atoms with E-state index in [1.165, 1.54) is 44.9 Å². The Morgan fingerprint density at radius 1 is 0.760 bits per heavy atom. The van der Waals surface area contributed by atoms with Gasteiger partial charge >= 0.3 is 5.96 Å². The normalized spacial score (nSPS) is 13.9. The molecule has 0 saturated heterocycles. The van der Waals surface area contributed by atoms with Crippen LogP contribution in [0.5, 0.6) is 0 Å². The number of aromatic nitrogens is 6. The number of halogens is 4. The zero-order valence-electron chi connectivity index (χ0n) is 29.9. The van der Waals surface area contributed by atoms with Gasteiger partial charge in [0.1, 0.15) is 22.8 Å². The minimum absolute atomic E-state index is 0. The number of hydrogen-bond acceptors (Lipinski definition) is 9. The monoisotopic (exact) mass is 951 g/mol. The highest BCUT2D eigenvalue weighted by molar-refractivity contribution is 9.09. The fourth-order valence-electron chi connectivity index (χ4n) is 4.48. The number of imidazole rings is 1. The molecule has 0 aliphatic carbocycles. The van der Waals surface area contributed by atoms with Crippen molar-refractivity contribution in [1.82, 2.24) is 29.1 Å². The quantitative estimate of drug-likeness (QED) is 0.0732. The van der Waals surface area contributed by atoms with Crippen molar-refractivity contribution in [2.24, 2.45) is 27.5 Å². The van der Waals surface area contributed by atoms with Gasteiger partial charge < -0.3 is 33.0 Å². The van der Waals surface area contributed by atoms with Gasteiger partial charge in [0.2, 0.25) is 5.95 Å². The van der Waals surface area contributed by atoms with E-state index in [0.717, 1.165) is 65.7 Å². The molecule has 3 aromatic rings. The largest absolute Gasteiger partial charge is 1.00 e. The molecule has 3 aromatic heterocycles. The number of nitrogens with zero attached hydrogens (tertiary/aromatic N) is 11. The molecule has 0 saturated carbocycles. The summed E-state index contributed by atoms with van der Waals surface area (Å²) in [7, 11) is 3.90. The minimum atomic E-state index is 0. The molecule has 1 atom stereocenters. The molecule has 0 bridgehead atoms. The van der Waals surface area contributed by atoms with Gasteiger partial charge in [0.25, 0.3) is 0 Å². The smallest absolute Gasteiger partial charge is 0.524 e. The third-order valence-corrected chi connectivity index (χ3v) is 9.07.